The maximum Gasteiger partial charge on any atom is 0.227 e. The van der Waals surface area contributed by atoms with Gasteiger partial charge in [0.05, 0.1) is 0 Å². The third-order valence-corrected chi connectivity index (χ3v) is 2.50. The number of aromatic nitrogens is 3. The molecule has 16 heavy (non-hydrogen) atoms. The molecule has 1 aromatic heterocycles. The Kier molecular flexibility index (Phi) is 3.43. The molecular weight excluding hydrogens is 265 g/mol. The third kappa shape index (κ3) is 2.52. The molecular formula is C10H5Cl2N3S. The Balaban J connectivity index is 2.45. The second kappa shape index (κ2) is 4.82. The summed E-state index contributed by atoms with van der Waals surface area (Å²) in [6.07, 6.45) is 0. The lowest BCUT2D eigenvalue weighted by Crippen LogP contribution is -1.93. The van der Waals surface area contributed by atoms with Crippen LogP contribution in [0.2, 0.25) is 10.6 Å². The van der Waals surface area contributed by atoms with Gasteiger partial charge in [-0.1, -0.05) is 36.5 Å². The van der Waals surface area contributed by atoms with Crippen LogP contribution in [-0.4, -0.2) is 20.3 Å². The lowest BCUT2D eigenvalue weighted by Gasteiger charge is -2.01. The van der Waals surface area contributed by atoms with E-state index in [1.165, 1.54) is 0 Å². The van der Waals surface area contributed by atoms with E-state index in [-0.39, 0.29) is 10.6 Å². The highest BCUT2D eigenvalue weighted by Gasteiger charge is 2.05. The second-order valence-electron chi connectivity index (χ2n) is 2.94. The van der Waals surface area contributed by atoms with Crippen molar-refractivity contribution in [2.24, 2.45) is 0 Å². The van der Waals surface area contributed by atoms with Gasteiger partial charge in [-0.25, -0.2) is 0 Å². The first-order valence-corrected chi connectivity index (χ1v) is 5.54. The molecule has 0 aliphatic carbocycles. The van der Waals surface area contributed by atoms with Crippen LogP contribution in [0, 0.1) is 0 Å². The minimum atomic E-state index is 0.0777. The molecule has 1 heterocycles. The Labute approximate surface area is 107 Å². The van der Waals surface area contributed by atoms with Crippen molar-refractivity contribution in [1.82, 2.24) is 15.0 Å². The van der Waals surface area contributed by atoms with Gasteiger partial charge in [-0.2, -0.15) is 15.0 Å². The highest BCUT2D eigenvalue weighted by Crippen LogP contribution is 2.18. The van der Waals surface area contributed by atoms with Crippen molar-refractivity contribution >= 4 is 40.8 Å². The van der Waals surface area contributed by atoms with Gasteiger partial charge in [-0.15, -0.1) is 0 Å². The molecule has 0 unspecified atom stereocenters. The van der Waals surface area contributed by atoms with Gasteiger partial charge in [0, 0.05) is 10.9 Å². The predicted molar refractivity (Wildman–Crippen MR) is 68.0 cm³/mol. The molecule has 0 fully saturated rings. The van der Waals surface area contributed by atoms with Gasteiger partial charge in [0.15, 0.2) is 5.82 Å². The molecule has 0 N–H and O–H groups in total. The first-order valence-electron chi connectivity index (χ1n) is 4.32. The molecule has 0 aliphatic heterocycles. The maximum absolute atomic E-state index is 5.69. The fourth-order valence-electron chi connectivity index (χ4n) is 1.17. The van der Waals surface area contributed by atoms with E-state index in [1.807, 2.05) is 24.3 Å². The molecule has 2 rings (SSSR count). The Bertz CT molecular complexity index is 508. The summed E-state index contributed by atoms with van der Waals surface area (Å²) in [4.78, 5) is 11.6. The standard InChI is InChI=1S/C10H5Cl2N3S/c11-9-13-8(14-10(12)15-9)7-3-1-6(5-16)2-4-7/h1-5H. The fraction of sp³-hybridized carbons (Fsp3) is 0. The van der Waals surface area contributed by atoms with E-state index in [1.54, 1.807) is 5.37 Å². The van der Waals surface area contributed by atoms with Crippen LogP contribution in [-0.2, 0) is 0 Å². The van der Waals surface area contributed by atoms with Crippen molar-refractivity contribution in [3.8, 4) is 11.4 Å². The summed E-state index contributed by atoms with van der Waals surface area (Å²) in [6.45, 7) is 0. The van der Waals surface area contributed by atoms with E-state index in [9.17, 15) is 0 Å². The summed E-state index contributed by atoms with van der Waals surface area (Å²) in [7, 11) is 0. The lowest BCUT2D eigenvalue weighted by atomic mass is 10.1. The van der Waals surface area contributed by atoms with Crippen LogP contribution < -0.4 is 0 Å². The SMILES string of the molecule is S=Cc1ccc(-c2nc(Cl)nc(Cl)n2)cc1. The van der Waals surface area contributed by atoms with Crippen LogP contribution in [0.4, 0.5) is 0 Å². The molecule has 0 radical (unpaired) electrons. The number of benzene rings is 1. The number of rotatable bonds is 2. The smallest absolute Gasteiger partial charge is 0.198 e. The molecule has 0 spiro atoms. The molecule has 0 saturated heterocycles. The van der Waals surface area contributed by atoms with Crippen LogP contribution >= 0.6 is 35.4 Å². The summed E-state index contributed by atoms with van der Waals surface area (Å²) in [5.41, 5.74) is 1.76. The first-order chi connectivity index (χ1) is 7.69. The molecule has 0 atom stereocenters. The number of hydrogen-bond acceptors (Lipinski definition) is 4. The normalized spacial score (nSPS) is 10.1. The minimum Gasteiger partial charge on any atom is -0.198 e. The van der Waals surface area contributed by atoms with Crippen LogP contribution in [0.5, 0.6) is 0 Å². The van der Waals surface area contributed by atoms with E-state index in [4.69, 9.17) is 35.4 Å². The monoisotopic (exact) mass is 269 g/mol. The van der Waals surface area contributed by atoms with Crippen LogP contribution in [0.1, 0.15) is 5.56 Å². The van der Waals surface area contributed by atoms with Gasteiger partial charge < -0.3 is 0 Å². The Hall–Kier alpha value is -1.10. The van der Waals surface area contributed by atoms with Crippen molar-refractivity contribution in [1.29, 1.82) is 0 Å². The summed E-state index contributed by atoms with van der Waals surface area (Å²) in [5, 5.41) is 1.75. The number of thiocarbonyl (C=S) groups is 1. The molecule has 80 valence electrons. The zero-order valence-corrected chi connectivity index (χ0v) is 10.2. The Morgan fingerprint density at radius 1 is 0.938 bits per heavy atom. The largest absolute Gasteiger partial charge is 0.227 e. The van der Waals surface area contributed by atoms with Gasteiger partial charge in [0.1, 0.15) is 0 Å². The summed E-state index contributed by atoms with van der Waals surface area (Å²) >= 11 is 16.2. The number of halogens is 2. The zero-order valence-electron chi connectivity index (χ0n) is 7.89. The highest BCUT2D eigenvalue weighted by molar-refractivity contribution is 7.79. The van der Waals surface area contributed by atoms with Gasteiger partial charge in [0.2, 0.25) is 10.6 Å². The summed E-state index contributed by atoms with van der Waals surface area (Å²) < 4.78 is 0. The molecule has 1 aromatic carbocycles. The average Bonchev–Trinajstić information content (AvgIpc) is 2.28. The molecule has 6 heteroatoms. The highest BCUT2D eigenvalue weighted by atomic mass is 35.5. The van der Waals surface area contributed by atoms with E-state index >= 15 is 0 Å². The number of hydrogen-bond donors (Lipinski definition) is 0. The quantitative estimate of drug-likeness (QED) is 0.785. The van der Waals surface area contributed by atoms with Crippen molar-refractivity contribution in [2.75, 3.05) is 0 Å². The average molecular weight is 270 g/mol. The first kappa shape index (κ1) is 11.4. The van der Waals surface area contributed by atoms with Crippen molar-refractivity contribution in [2.45, 2.75) is 0 Å². The summed E-state index contributed by atoms with van der Waals surface area (Å²) in [5.74, 6) is 0.445. The molecule has 0 bridgehead atoms. The maximum atomic E-state index is 5.69. The zero-order chi connectivity index (χ0) is 11.5. The van der Waals surface area contributed by atoms with E-state index in [2.05, 4.69) is 15.0 Å². The van der Waals surface area contributed by atoms with Crippen molar-refractivity contribution < 1.29 is 0 Å². The second-order valence-corrected chi connectivity index (χ2v) is 3.85. The topological polar surface area (TPSA) is 38.7 Å². The molecule has 2 aromatic rings. The number of nitrogens with zero attached hydrogens (tertiary/aromatic N) is 3. The van der Waals surface area contributed by atoms with E-state index in [0.29, 0.717) is 5.82 Å². The van der Waals surface area contributed by atoms with Crippen LogP contribution in [0.25, 0.3) is 11.4 Å². The Morgan fingerprint density at radius 2 is 1.50 bits per heavy atom. The lowest BCUT2D eigenvalue weighted by molar-refractivity contribution is 1.06. The molecule has 0 amide bonds. The molecule has 3 nitrogen and oxygen atoms in total. The Morgan fingerprint density at radius 3 is 2.00 bits per heavy atom. The molecule has 0 aliphatic rings. The van der Waals surface area contributed by atoms with Gasteiger partial charge >= 0.3 is 0 Å². The van der Waals surface area contributed by atoms with E-state index < -0.39 is 0 Å². The van der Waals surface area contributed by atoms with Crippen molar-refractivity contribution in [3.63, 3.8) is 0 Å². The fourth-order valence-corrected chi connectivity index (χ4v) is 1.69. The summed E-state index contributed by atoms with van der Waals surface area (Å²) in [6, 6.07) is 7.43. The van der Waals surface area contributed by atoms with Crippen LogP contribution in [0.3, 0.4) is 0 Å². The molecule has 0 saturated carbocycles. The minimum absolute atomic E-state index is 0.0777. The van der Waals surface area contributed by atoms with Gasteiger partial charge in [-0.3, -0.25) is 0 Å². The van der Waals surface area contributed by atoms with Gasteiger partial charge in [0.25, 0.3) is 0 Å². The predicted octanol–water partition coefficient (Wildman–Crippen LogP) is 3.19. The van der Waals surface area contributed by atoms with Crippen molar-refractivity contribution in [3.05, 3.63) is 40.4 Å². The third-order valence-electron chi connectivity index (χ3n) is 1.89. The van der Waals surface area contributed by atoms with Crippen LogP contribution in [0.15, 0.2) is 24.3 Å². The van der Waals surface area contributed by atoms with E-state index in [0.717, 1.165) is 11.1 Å². The van der Waals surface area contributed by atoms with Gasteiger partial charge in [-0.05, 0) is 28.8 Å².